The molecule has 1 saturated heterocycles. The highest BCUT2D eigenvalue weighted by Gasteiger charge is 2.66. The number of nitriles is 1. The van der Waals surface area contributed by atoms with Crippen LogP contribution in [-0.2, 0) is 18.4 Å². The van der Waals surface area contributed by atoms with Crippen LogP contribution in [0.25, 0.3) is 0 Å². The fourth-order valence-electron chi connectivity index (χ4n) is 7.07. The van der Waals surface area contributed by atoms with Gasteiger partial charge in [0, 0.05) is 23.6 Å². The zero-order valence-electron chi connectivity index (χ0n) is 18.7. The van der Waals surface area contributed by atoms with Crippen LogP contribution in [0.2, 0.25) is 0 Å². The third-order valence-electron chi connectivity index (χ3n) is 8.46. The van der Waals surface area contributed by atoms with E-state index < -0.39 is 0 Å². The first-order valence-corrected chi connectivity index (χ1v) is 12.5. The summed E-state index contributed by atoms with van der Waals surface area (Å²) >= 11 is 5.99. The van der Waals surface area contributed by atoms with Gasteiger partial charge in [0.25, 0.3) is 0 Å². The minimum atomic E-state index is -0.308. The largest absolute Gasteiger partial charge is 0.347 e. The lowest BCUT2D eigenvalue weighted by molar-refractivity contribution is 0.108. The van der Waals surface area contributed by atoms with E-state index >= 15 is 0 Å². The smallest absolute Gasteiger partial charge is 0.174 e. The summed E-state index contributed by atoms with van der Waals surface area (Å²) in [5, 5.41) is 14.4. The molecule has 162 valence electrons. The Kier molecular flexibility index (Phi) is 4.49. The van der Waals surface area contributed by atoms with Crippen molar-refractivity contribution in [3.8, 4) is 6.07 Å². The molecular formula is C28H29N3S. The Labute approximate surface area is 196 Å². The fourth-order valence-corrected chi connectivity index (χ4v) is 7.42. The fraction of sp³-hybridized carbons (Fsp3) is 0.429. The van der Waals surface area contributed by atoms with E-state index in [9.17, 15) is 5.26 Å². The molecule has 0 saturated carbocycles. The molecule has 2 aromatic rings. The molecule has 3 aliphatic carbocycles. The standard InChI is InChI=1S/C28H29N3S/c1-2-3-6-13-31-25-15-22-17-27(12-11-20-7-4-5-8-23(20)22)16-21-10-9-19(18-29)14-24(21)28(25,27)30-26(31)32/h4-5,7-10,14-15,22H,2-3,6,11-13,16-17H2,1H3,(H,30,32). The molecule has 0 radical (unpaired) electrons. The normalized spacial score (nSPS) is 29.1. The summed E-state index contributed by atoms with van der Waals surface area (Å²) in [7, 11) is 0. The van der Waals surface area contributed by atoms with Gasteiger partial charge in [-0.1, -0.05) is 56.2 Å². The summed E-state index contributed by atoms with van der Waals surface area (Å²) in [6.45, 7) is 3.21. The van der Waals surface area contributed by atoms with Gasteiger partial charge < -0.3 is 10.2 Å². The van der Waals surface area contributed by atoms with Gasteiger partial charge in [0.2, 0.25) is 0 Å². The zero-order chi connectivity index (χ0) is 21.9. The third kappa shape index (κ3) is 2.55. The number of benzene rings is 2. The number of hydrogen-bond donors (Lipinski definition) is 1. The molecular weight excluding hydrogens is 410 g/mol. The maximum atomic E-state index is 9.67. The Bertz CT molecular complexity index is 1190. The number of allylic oxidation sites excluding steroid dienone is 1. The molecule has 32 heavy (non-hydrogen) atoms. The molecule has 4 aliphatic rings. The van der Waals surface area contributed by atoms with Crippen molar-refractivity contribution in [1.82, 2.24) is 10.2 Å². The van der Waals surface area contributed by atoms with Gasteiger partial charge in [0.05, 0.1) is 11.6 Å². The van der Waals surface area contributed by atoms with E-state index in [0.29, 0.717) is 5.92 Å². The van der Waals surface area contributed by atoms with Gasteiger partial charge in [-0.3, -0.25) is 0 Å². The number of rotatable bonds is 4. The average Bonchev–Trinajstić information content (AvgIpc) is 3.20. The molecule has 1 aliphatic heterocycles. The van der Waals surface area contributed by atoms with Gasteiger partial charge in [-0.2, -0.15) is 5.26 Å². The van der Waals surface area contributed by atoms with E-state index in [1.54, 1.807) is 0 Å². The molecule has 6 rings (SSSR count). The Morgan fingerprint density at radius 3 is 2.91 bits per heavy atom. The minimum Gasteiger partial charge on any atom is -0.347 e. The van der Waals surface area contributed by atoms with Crippen molar-refractivity contribution in [2.24, 2.45) is 5.41 Å². The second-order valence-corrected chi connectivity index (χ2v) is 10.4. The molecule has 2 spiro atoms. The monoisotopic (exact) mass is 439 g/mol. The number of fused-ring (bicyclic) bond motifs is 4. The van der Waals surface area contributed by atoms with Crippen molar-refractivity contribution in [3.05, 3.63) is 82.1 Å². The lowest BCUT2D eigenvalue weighted by Gasteiger charge is -2.49. The number of hydrogen-bond acceptors (Lipinski definition) is 2. The SMILES string of the molecule is CCCCCN1C(=S)NC23C1=CC1CC2(CCc2ccccc21)Cc1ccc(C#N)cc13. The minimum absolute atomic E-state index is 0.0702. The molecule has 4 heteroatoms. The number of unbranched alkanes of at least 4 members (excludes halogenated alkanes) is 2. The van der Waals surface area contributed by atoms with Gasteiger partial charge in [0.1, 0.15) is 5.54 Å². The number of aryl methyl sites for hydroxylation is 1. The number of nitrogens with zero attached hydrogens (tertiary/aromatic N) is 2. The first-order valence-electron chi connectivity index (χ1n) is 12.1. The molecule has 2 aromatic carbocycles. The van der Waals surface area contributed by atoms with Crippen molar-refractivity contribution in [1.29, 1.82) is 5.26 Å². The maximum absolute atomic E-state index is 9.67. The van der Waals surface area contributed by atoms with Gasteiger partial charge in [-0.25, -0.2) is 0 Å². The summed E-state index contributed by atoms with van der Waals surface area (Å²) in [5.41, 5.74) is 7.50. The molecule has 3 nitrogen and oxygen atoms in total. The summed E-state index contributed by atoms with van der Waals surface area (Å²) in [6, 6.07) is 17.7. The first kappa shape index (κ1) is 20.0. The highest BCUT2D eigenvalue weighted by Crippen LogP contribution is 2.66. The third-order valence-corrected chi connectivity index (χ3v) is 8.79. The molecule has 3 atom stereocenters. The van der Waals surface area contributed by atoms with Crippen LogP contribution in [0.5, 0.6) is 0 Å². The van der Waals surface area contributed by atoms with Crippen LogP contribution >= 0.6 is 12.2 Å². The zero-order valence-corrected chi connectivity index (χ0v) is 19.5. The van der Waals surface area contributed by atoms with Gasteiger partial charge in [-0.05, 0) is 78.7 Å². The average molecular weight is 440 g/mol. The Morgan fingerprint density at radius 1 is 1.19 bits per heavy atom. The van der Waals surface area contributed by atoms with E-state index in [1.807, 2.05) is 6.07 Å². The van der Waals surface area contributed by atoms with E-state index in [1.165, 1.54) is 40.8 Å². The summed E-state index contributed by atoms with van der Waals surface area (Å²) < 4.78 is 0. The Hall–Kier alpha value is -2.64. The Morgan fingerprint density at radius 2 is 2.06 bits per heavy atom. The molecule has 2 bridgehead atoms. The summed E-state index contributed by atoms with van der Waals surface area (Å²) in [4.78, 5) is 2.40. The van der Waals surface area contributed by atoms with Crippen molar-refractivity contribution < 1.29 is 0 Å². The van der Waals surface area contributed by atoms with Gasteiger partial charge in [0.15, 0.2) is 5.11 Å². The van der Waals surface area contributed by atoms with Crippen molar-refractivity contribution in [2.45, 2.75) is 63.3 Å². The lowest BCUT2D eigenvalue weighted by atomic mass is 9.59. The highest BCUT2D eigenvalue weighted by molar-refractivity contribution is 7.80. The molecule has 0 amide bonds. The van der Waals surface area contributed by atoms with Crippen molar-refractivity contribution in [2.75, 3.05) is 6.54 Å². The lowest BCUT2D eigenvalue weighted by Crippen LogP contribution is -2.53. The van der Waals surface area contributed by atoms with E-state index in [2.05, 4.69) is 65.7 Å². The van der Waals surface area contributed by atoms with Crippen LogP contribution in [0, 0.1) is 16.7 Å². The summed E-state index contributed by atoms with van der Waals surface area (Å²) in [6.07, 6.45) is 10.5. The molecule has 1 N–H and O–H groups in total. The quantitative estimate of drug-likeness (QED) is 0.490. The second-order valence-electron chi connectivity index (χ2n) is 10.0. The van der Waals surface area contributed by atoms with Crippen LogP contribution < -0.4 is 5.32 Å². The van der Waals surface area contributed by atoms with Crippen LogP contribution in [0.1, 0.15) is 72.8 Å². The number of thiocarbonyl (C=S) groups is 1. The summed E-state index contributed by atoms with van der Waals surface area (Å²) in [5.74, 6) is 0.415. The number of nitrogens with one attached hydrogen (secondary N) is 1. The molecule has 0 aromatic heterocycles. The second kappa shape index (κ2) is 7.18. The van der Waals surface area contributed by atoms with E-state index in [-0.39, 0.29) is 11.0 Å². The van der Waals surface area contributed by atoms with Gasteiger partial charge >= 0.3 is 0 Å². The maximum Gasteiger partial charge on any atom is 0.174 e. The van der Waals surface area contributed by atoms with Crippen LogP contribution in [0.15, 0.2) is 54.2 Å². The molecule has 1 fully saturated rings. The van der Waals surface area contributed by atoms with Crippen molar-refractivity contribution in [3.63, 3.8) is 0 Å². The Balaban J connectivity index is 1.57. The van der Waals surface area contributed by atoms with Crippen molar-refractivity contribution >= 4 is 17.3 Å². The predicted molar refractivity (Wildman–Crippen MR) is 131 cm³/mol. The van der Waals surface area contributed by atoms with Gasteiger partial charge in [-0.15, -0.1) is 0 Å². The van der Waals surface area contributed by atoms with E-state index in [0.717, 1.165) is 49.3 Å². The molecule has 1 heterocycles. The topological polar surface area (TPSA) is 39.1 Å². The van der Waals surface area contributed by atoms with E-state index in [4.69, 9.17) is 12.2 Å². The van der Waals surface area contributed by atoms with Crippen LogP contribution in [0.3, 0.4) is 0 Å². The molecule has 3 unspecified atom stereocenters. The predicted octanol–water partition coefficient (Wildman–Crippen LogP) is 5.69. The van der Waals surface area contributed by atoms with Crippen LogP contribution in [-0.4, -0.2) is 16.6 Å². The van der Waals surface area contributed by atoms with Crippen LogP contribution in [0.4, 0.5) is 0 Å². The first-order chi connectivity index (χ1) is 15.6. The highest BCUT2D eigenvalue weighted by atomic mass is 32.1.